The number of amides is 1. The third-order valence-corrected chi connectivity index (χ3v) is 5.60. The zero-order valence-corrected chi connectivity index (χ0v) is 17.4. The maximum Gasteiger partial charge on any atom is 0.358 e. The molecule has 0 aliphatic rings. The quantitative estimate of drug-likeness (QED) is 0.439. The highest BCUT2D eigenvalue weighted by atomic mass is 32.1. The van der Waals surface area contributed by atoms with E-state index in [4.69, 9.17) is 4.74 Å². The normalized spacial score (nSPS) is 11.8. The van der Waals surface area contributed by atoms with Gasteiger partial charge in [0.1, 0.15) is 5.01 Å². The fourth-order valence-electron chi connectivity index (χ4n) is 3.04. The van der Waals surface area contributed by atoms with Crippen molar-refractivity contribution in [2.75, 3.05) is 5.32 Å². The van der Waals surface area contributed by atoms with Crippen LogP contribution in [0.25, 0.3) is 21.3 Å². The summed E-state index contributed by atoms with van der Waals surface area (Å²) >= 11 is 1.36. The summed E-state index contributed by atoms with van der Waals surface area (Å²) in [4.78, 5) is 29.4. The molecule has 0 saturated heterocycles. The molecule has 30 heavy (non-hydrogen) atoms. The predicted molar refractivity (Wildman–Crippen MR) is 120 cm³/mol. The molecule has 1 amide bonds. The van der Waals surface area contributed by atoms with Crippen molar-refractivity contribution < 1.29 is 14.3 Å². The maximum atomic E-state index is 12.6. The second-order valence-electron chi connectivity index (χ2n) is 6.97. The molecule has 150 valence electrons. The second kappa shape index (κ2) is 8.47. The van der Waals surface area contributed by atoms with E-state index in [0.29, 0.717) is 5.69 Å². The number of carbonyl (C=O) groups excluding carboxylic acids is 2. The third-order valence-electron chi connectivity index (χ3n) is 4.71. The Balaban J connectivity index is 1.43. The Morgan fingerprint density at radius 3 is 2.53 bits per heavy atom. The molecule has 4 rings (SSSR count). The second-order valence-corrected chi connectivity index (χ2v) is 7.83. The van der Waals surface area contributed by atoms with Gasteiger partial charge in [-0.1, -0.05) is 66.2 Å². The van der Waals surface area contributed by atoms with E-state index < -0.39 is 18.0 Å². The summed E-state index contributed by atoms with van der Waals surface area (Å²) in [5.41, 5.74) is 2.96. The van der Waals surface area contributed by atoms with E-state index in [1.165, 1.54) is 11.3 Å². The summed E-state index contributed by atoms with van der Waals surface area (Å²) < 4.78 is 5.34. The first kappa shape index (κ1) is 19.8. The standard InChI is InChI=1S/C24H20N2O3S/c1-15-10-12-18(13-11-15)23-26-21(14-30-23)24(28)29-16(2)22(27)25-20-9-5-7-17-6-3-4-8-19(17)20/h3-14,16H,1-2H3,(H,25,27)/t16-/m1/s1. The molecule has 0 aliphatic carbocycles. The number of aryl methyl sites for hydroxylation is 1. The average Bonchev–Trinajstić information content (AvgIpc) is 3.25. The van der Waals surface area contributed by atoms with Crippen LogP contribution in [0, 0.1) is 6.92 Å². The zero-order valence-electron chi connectivity index (χ0n) is 16.6. The molecule has 0 saturated carbocycles. The first-order chi connectivity index (χ1) is 14.5. The van der Waals surface area contributed by atoms with Crippen molar-refractivity contribution in [2.45, 2.75) is 20.0 Å². The number of benzene rings is 3. The first-order valence-electron chi connectivity index (χ1n) is 9.53. The summed E-state index contributed by atoms with van der Waals surface area (Å²) in [5, 5.41) is 7.17. The fraction of sp³-hybridized carbons (Fsp3) is 0.125. The Labute approximate surface area is 178 Å². The summed E-state index contributed by atoms with van der Waals surface area (Å²) in [5.74, 6) is -1.01. The fourth-order valence-corrected chi connectivity index (χ4v) is 3.83. The van der Waals surface area contributed by atoms with Gasteiger partial charge in [0.2, 0.25) is 0 Å². The van der Waals surface area contributed by atoms with Gasteiger partial charge in [0.05, 0.1) is 0 Å². The van der Waals surface area contributed by atoms with Gasteiger partial charge in [-0.15, -0.1) is 11.3 Å². The molecule has 3 aromatic carbocycles. The number of rotatable bonds is 5. The lowest BCUT2D eigenvalue weighted by atomic mass is 10.1. The van der Waals surface area contributed by atoms with Crippen molar-refractivity contribution in [3.05, 3.63) is 83.4 Å². The number of aromatic nitrogens is 1. The highest BCUT2D eigenvalue weighted by Gasteiger charge is 2.21. The van der Waals surface area contributed by atoms with Crippen LogP contribution in [0.2, 0.25) is 0 Å². The van der Waals surface area contributed by atoms with Gasteiger partial charge in [-0.05, 0) is 25.3 Å². The van der Waals surface area contributed by atoms with E-state index in [9.17, 15) is 9.59 Å². The van der Waals surface area contributed by atoms with Crippen molar-refractivity contribution in [3.63, 3.8) is 0 Å². The Morgan fingerprint density at radius 2 is 1.73 bits per heavy atom. The van der Waals surface area contributed by atoms with Crippen LogP contribution in [-0.2, 0) is 9.53 Å². The van der Waals surface area contributed by atoms with Crippen LogP contribution < -0.4 is 5.32 Å². The molecular formula is C24H20N2O3S. The lowest BCUT2D eigenvalue weighted by Gasteiger charge is -2.14. The number of esters is 1. The number of hydrogen-bond acceptors (Lipinski definition) is 5. The van der Waals surface area contributed by atoms with Gasteiger partial charge in [0.25, 0.3) is 5.91 Å². The topological polar surface area (TPSA) is 68.3 Å². The van der Waals surface area contributed by atoms with Gasteiger partial charge in [0.15, 0.2) is 11.8 Å². The molecule has 0 bridgehead atoms. The number of nitrogens with one attached hydrogen (secondary N) is 1. The largest absolute Gasteiger partial charge is 0.448 e. The zero-order chi connectivity index (χ0) is 21.1. The summed E-state index contributed by atoms with van der Waals surface area (Å²) in [7, 11) is 0. The van der Waals surface area contributed by atoms with Crippen LogP contribution in [0.3, 0.4) is 0 Å². The highest BCUT2D eigenvalue weighted by molar-refractivity contribution is 7.13. The number of carbonyl (C=O) groups is 2. The van der Waals surface area contributed by atoms with Gasteiger partial charge in [-0.25, -0.2) is 9.78 Å². The number of fused-ring (bicyclic) bond motifs is 1. The first-order valence-corrected chi connectivity index (χ1v) is 10.4. The monoisotopic (exact) mass is 416 g/mol. The van der Waals surface area contributed by atoms with Crippen LogP contribution in [0.5, 0.6) is 0 Å². The van der Waals surface area contributed by atoms with Crippen molar-refractivity contribution >= 4 is 39.7 Å². The number of thiazole rings is 1. The molecule has 0 unspecified atom stereocenters. The molecule has 0 radical (unpaired) electrons. The minimum absolute atomic E-state index is 0.195. The Kier molecular flexibility index (Phi) is 5.59. The van der Waals surface area contributed by atoms with E-state index in [-0.39, 0.29) is 5.69 Å². The maximum absolute atomic E-state index is 12.6. The molecule has 1 atom stereocenters. The van der Waals surface area contributed by atoms with E-state index in [1.807, 2.05) is 73.7 Å². The minimum atomic E-state index is -0.957. The molecule has 4 aromatic rings. The third kappa shape index (κ3) is 4.23. The number of nitrogens with zero attached hydrogens (tertiary/aromatic N) is 1. The van der Waals surface area contributed by atoms with Crippen LogP contribution >= 0.6 is 11.3 Å². The lowest BCUT2D eigenvalue weighted by Crippen LogP contribution is -2.30. The van der Waals surface area contributed by atoms with Gasteiger partial charge in [-0.2, -0.15) is 0 Å². The Hall–Kier alpha value is -3.51. The summed E-state index contributed by atoms with van der Waals surface area (Å²) in [6, 6.07) is 21.3. The van der Waals surface area contributed by atoms with Crippen molar-refractivity contribution in [1.82, 2.24) is 4.98 Å². The van der Waals surface area contributed by atoms with Crippen LogP contribution in [0.15, 0.2) is 72.1 Å². The molecule has 1 aromatic heterocycles. The van der Waals surface area contributed by atoms with E-state index >= 15 is 0 Å². The molecule has 0 spiro atoms. The van der Waals surface area contributed by atoms with Crippen LogP contribution in [0.4, 0.5) is 5.69 Å². The van der Waals surface area contributed by atoms with Crippen LogP contribution in [0.1, 0.15) is 23.0 Å². The SMILES string of the molecule is Cc1ccc(-c2nc(C(=O)O[C@H](C)C(=O)Nc3cccc4ccccc34)cs2)cc1. The molecule has 1 heterocycles. The van der Waals surface area contributed by atoms with Gasteiger partial charge >= 0.3 is 5.97 Å². The molecule has 6 heteroatoms. The Morgan fingerprint density at radius 1 is 1.00 bits per heavy atom. The van der Waals surface area contributed by atoms with Gasteiger partial charge in [0, 0.05) is 22.0 Å². The van der Waals surface area contributed by atoms with E-state index in [1.54, 1.807) is 12.3 Å². The average molecular weight is 417 g/mol. The number of anilines is 1. The van der Waals surface area contributed by atoms with Crippen molar-refractivity contribution in [1.29, 1.82) is 0 Å². The van der Waals surface area contributed by atoms with Crippen LogP contribution in [-0.4, -0.2) is 23.0 Å². The van der Waals surface area contributed by atoms with Crippen molar-refractivity contribution in [2.24, 2.45) is 0 Å². The van der Waals surface area contributed by atoms with Gasteiger partial charge in [-0.3, -0.25) is 4.79 Å². The molecule has 1 N–H and O–H groups in total. The number of hydrogen-bond donors (Lipinski definition) is 1. The minimum Gasteiger partial charge on any atom is -0.448 e. The molecule has 5 nitrogen and oxygen atoms in total. The van der Waals surface area contributed by atoms with E-state index in [0.717, 1.165) is 26.9 Å². The molecule has 0 aliphatic heterocycles. The smallest absolute Gasteiger partial charge is 0.358 e. The summed E-state index contributed by atoms with van der Waals surface area (Å²) in [6.45, 7) is 3.56. The highest BCUT2D eigenvalue weighted by Crippen LogP contribution is 2.25. The predicted octanol–water partition coefficient (Wildman–Crippen LogP) is 5.46. The van der Waals surface area contributed by atoms with Gasteiger partial charge < -0.3 is 10.1 Å². The summed E-state index contributed by atoms with van der Waals surface area (Å²) in [6.07, 6.45) is -0.957. The molecular weight excluding hydrogens is 396 g/mol. The lowest BCUT2D eigenvalue weighted by molar-refractivity contribution is -0.123. The molecule has 0 fully saturated rings. The number of ether oxygens (including phenoxy) is 1. The Bertz CT molecular complexity index is 1210. The van der Waals surface area contributed by atoms with E-state index in [2.05, 4.69) is 10.3 Å². The van der Waals surface area contributed by atoms with Crippen molar-refractivity contribution in [3.8, 4) is 10.6 Å².